The van der Waals surface area contributed by atoms with Gasteiger partial charge >= 0.3 is 0 Å². The molecule has 0 saturated carbocycles. The molecule has 2 aromatic carbocycles. The maximum atomic E-state index is 13.4. The summed E-state index contributed by atoms with van der Waals surface area (Å²) in [6, 6.07) is 8.55. The summed E-state index contributed by atoms with van der Waals surface area (Å²) >= 11 is 0. The largest absolute Gasteiger partial charge is 0.497 e. The highest BCUT2D eigenvalue weighted by Crippen LogP contribution is 2.20. The molecule has 0 spiro atoms. The first-order valence-electron chi connectivity index (χ1n) is 7.59. The molecule has 0 fully saturated rings. The second-order valence-electron chi connectivity index (χ2n) is 5.65. The zero-order valence-electron chi connectivity index (χ0n) is 13.5. The number of methoxy groups -OCH3 is 1. The Balaban J connectivity index is 2.06. The third-order valence-electron chi connectivity index (χ3n) is 3.78. The Morgan fingerprint density at radius 1 is 1.08 bits per heavy atom. The van der Waals surface area contributed by atoms with Gasteiger partial charge in [-0.25, -0.2) is 13.2 Å². The lowest BCUT2D eigenvalue weighted by Gasteiger charge is -2.22. The number of aliphatic hydroxyl groups is 1. The van der Waals surface area contributed by atoms with Gasteiger partial charge in [0.15, 0.2) is 17.5 Å². The number of benzene rings is 2. The van der Waals surface area contributed by atoms with E-state index < -0.39 is 23.5 Å². The van der Waals surface area contributed by atoms with E-state index in [2.05, 4.69) is 5.32 Å². The van der Waals surface area contributed by atoms with Gasteiger partial charge in [-0.05, 0) is 48.7 Å². The molecule has 2 atom stereocenters. The fourth-order valence-electron chi connectivity index (χ4n) is 2.55. The molecule has 0 saturated heterocycles. The molecule has 2 unspecified atom stereocenters. The van der Waals surface area contributed by atoms with E-state index in [0.29, 0.717) is 6.42 Å². The minimum atomic E-state index is -1.51. The van der Waals surface area contributed by atoms with E-state index in [1.807, 2.05) is 31.2 Å². The lowest BCUT2D eigenvalue weighted by Crippen LogP contribution is -2.34. The summed E-state index contributed by atoms with van der Waals surface area (Å²) in [5.74, 6) is -3.30. The minimum absolute atomic E-state index is 0.0771. The molecule has 0 aliphatic carbocycles. The molecular weight excluding hydrogens is 319 g/mol. The fourth-order valence-corrected chi connectivity index (χ4v) is 2.55. The molecule has 0 aromatic heterocycles. The molecule has 0 aliphatic rings. The zero-order valence-corrected chi connectivity index (χ0v) is 13.5. The number of hydrogen-bond acceptors (Lipinski definition) is 3. The molecule has 3 nitrogen and oxygen atoms in total. The van der Waals surface area contributed by atoms with Crippen molar-refractivity contribution in [3.05, 3.63) is 65.0 Å². The molecule has 0 aliphatic heterocycles. The first-order chi connectivity index (χ1) is 11.4. The standard InChI is InChI=1S/C18H20F3NO2/c1-11(7-12-3-5-14(24-2)6-4-12)22-17(10-23)13-8-15(19)18(21)16(20)9-13/h3-6,8-9,11,17,22-23H,7,10H2,1-2H3. The van der Waals surface area contributed by atoms with Crippen molar-refractivity contribution in [1.82, 2.24) is 5.32 Å². The van der Waals surface area contributed by atoms with Crippen LogP contribution in [0, 0.1) is 17.5 Å². The van der Waals surface area contributed by atoms with Crippen LogP contribution in [0.3, 0.4) is 0 Å². The van der Waals surface area contributed by atoms with Crippen LogP contribution in [0.25, 0.3) is 0 Å². The van der Waals surface area contributed by atoms with Gasteiger partial charge in [0.05, 0.1) is 19.8 Å². The number of hydrogen-bond donors (Lipinski definition) is 2. The van der Waals surface area contributed by atoms with E-state index >= 15 is 0 Å². The van der Waals surface area contributed by atoms with Gasteiger partial charge in [0.1, 0.15) is 5.75 Å². The first-order valence-corrected chi connectivity index (χ1v) is 7.59. The third kappa shape index (κ3) is 4.49. The van der Waals surface area contributed by atoms with Crippen LogP contribution in [0.4, 0.5) is 13.2 Å². The summed E-state index contributed by atoms with van der Waals surface area (Å²) in [5.41, 5.74) is 1.21. The lowest BCUT2D eigenvalue weighted by molar-refractivity contribution is 0.234. The van der Waals surface area contributed by atoms with Crippen LogP contribution in [-0.4, -0.2) is 24.9 Å². The van der Waals surface area contributed by atoms with Crippen molar-refractivity contribution in [2.75, 3.05) is 13.7 Å². The average molecular weight is 339 g/mol. The van der Waals surface area contributed by atoms with Gasteiger partial charge in [-0.1, -0.05) is 12.1 Å². The van der Waals surface area contributed by atoms with Crippen molar-refractivity contribution in [3.8, 4) is 5.75 Å². The van der Waals surface area contributed by atoms with Crippen molar-refractivity contribution in [2.24, 2.45) is 0 Å². The molecule has 0 heterocycles. The maximum absolute atomic E-state index is 13.4. The van der Waals surface area contributed by atoms with Crippen molar-refractivity contribution in [1.29, 1.82) is 0 Å². The smallest absolute Gasteiger partial charge is 0.194 e. The Labute approximate surface area is 139 Å². The van der Waals surface area contributed by atoms with Crippen molar-refractivity contribution in [2.45, 2.75) is 25.4 Å². The zero-order chi connectivity index (χ0) is 17.7. The third-order valence-corrected chi connectivity index (χ3v) is 3.78. The Hall–Kier alpha value is -2.05. The Morgan fingerprint density at radius 2 is 1.67 bits per heavy atom. The predicted molar refractivity (Wildman–Crippen MR) is 85.4 cm³/mol. The second kappa shape index (κ2) is 8.17. The summed E-state index contributed by atoms with van der Waals surface area (Å²) in [7, 11) is 1.59. The molecule has 2 aromatic rings. The highest BCUT2D eigenvalue weighted by Gasteiger charge is 2.18. The molecule has 2 N–H and O–H groups in total. The Morgan fingerprint density at radius 3 is 2.17 bits per heavy atom. The predicted octanol–water partition coefficient (Wildman–Crippen LogP) is 3.37. The van der Waals surface area contributed by atoms with Crippen LogP contribution in [0.2, 0.25) is 0 Å². The number of nitrogens with one attached hydrogen (secondary N) is 1. The van der Waals surface area contributed by atoms with Crippen LogP contribution < -0.4 is 10.1 Å². The van der Waals surface area contributed by atoms with E-state index in [1.54, 1.807) is 7.11 Å². The summed E-state index contributed by atoms with van der Waals surface area (Å²) in [5, 5.41) is 12.6. The fraction of sp³-hybridized carbons (Fsp3) is 0.333. The van der Waals surface area contributed by atoms with Gasteiger partial charge in [-0.15, -0.1) is 0 Å². The van der Waals surface area contributed by atoms with E-state index in [4.69, 9.17) is 4.74 Å². The van der Waals surface area contributed by atoms with Crippen molar-refractivity contribution >= 4 is 0 Å². The van der Waals surface area contributed by atoms with Gasteiger partial charge in [0.2, 0.25) is 0 Å². The Kier molecular flexibility index (Phi) is 6.23. The summed E-state index contributed by atoms with van der Waals surface area (Å²) < 4.78 is 44.9. The van der Waals surface area contributed by atoms with Gasteiger partial charge in [-0.3, -0.25) is 0 Å². The topological polar surface area (TPSA) is 41.5 Å². The van der Waals surface area contributed by atoms with Crippen LogP contribution in [-0.2, 0) is 6.42 Å². The highest BCUT2D eigenvalue weighted by atomic mass is 19.2. The number of halogens is 3. The summed E-state index contributed by atoms with van der Waals surface area (Å²) in [6.07, 6.45) is 0.645. The molecular formula is C18H20F3NO2. The molecule has 130 valence electrons. The second-order valence-corrected chi connectivity index (χ2v) is 5.65. The van der Waals surface area contributed by atoms with E-state index in [-0.39, 0.29) is 18.2 Å². The van der Waals surface area contributed by atoms with Gasteiger partial charge in [0, 0.05) is 6.04 Å². The molecule has 0 bridgehead atoms. The van der Waals surface area contributed by atoms with Crippen LogP contribution in [0.15, 0.2) is 36.4 Å². The van der Waals surface area contributed by atoms with E-state index in [9.17, 15) is 18.3 Å². The average Bonchev–Trinajstić information content (AvgIpc) is 2.57. The monoisotopic (exact) mass is 339 g/mol. The molecule has 6 heteroatoms. The first kappa shape index (κ1) is 18.3. The van der Waals surface area contributed by atoms with Gasteiger partial charge < -0.3 is 15.2 Å². The molecule has 0 radical (unpaired) electrons. The van der Waals surface area contributed by atoms with E-state index in [1.165, 1.54) is 0 Å². The lowest BCUT2D eigenvalue weighted by atomic mass is 10.0. The molecule has 0 amide bonds. The minimum Gasteiger partial charge on any atom is -0.497 e. The quantitative estimate of drug-likeness (QED) is 0.760. The Bertz CT molecular complexity index is 653. The van der Waals surface area contributed by atoms with Crippen molar-refractivity contribution < 1.29 is 23.0 Å². The maximum Gasteiger partial charge on any atom is 0.194 e. The number of rotatable bonds is 7. The number of aliphatic hydroxyl groups excluding tert-OH is 1. The van der Waals surface area contributed by atoms with Crippen LogP contribution in [0.1, 0.15) is 24.1 Å². The SMILES string of the molecule is COc1ccc(CC(C)NC(CO)c2cc(F)c(F)c(F)c2)cc1. The van der Waals surface area contributed by atoms with Crippen LogP contribution in [0.5, 0.6) is 5.75 Å². The highest BCUT2D eigenvalue weighted by molar-refractivity contribution is 5.28. The van der Waals surface area contributed by atoms with Crippen molar-refractivity contribution in [3.63, 3.8) is 0 Å². The summed E-state index contributed by atoms with van der Waals surface area (Å²) in [4.78, 5) is 0. The number of ether oxygens (including phenoxy) is 1. The van der Waals surface area contributed by atoms with Gasteiger partial charge in [-0.2, -0.15) is 0 Å². The van der Waals surface area contributed by atoms with E-state index in [0.717, 1.165) is 23.4 Å². The van der Waals surface area contributed by atoms with Gasteiger partial charge in [0.25, 0.3) is 0 Å². The molecule has 24 heavy (non-hydrogen) atoms. The normalized spacial score (nSPS) is 13.6. The summed E-state index contributed by atoms with van der Waals surface area (Å²) in [6.45, 7) is 1.53. The molecule has 2 rings (SSSR count). The van der Waals surface area contributed by atoms with Crippen LogP contribution >= 0.6 is 0 Å².